The number of halogens is 1. The van der Waals surface area contributed by atoms with E-state index in [4.69, 9.17) is 5.11 Å². The molecule has 0 spiro atoms. The normalized spacial score (nSPS) is 13.2. The number of sulfone groups is 1. The summed E-state index contributed by atoms with van der Waals surface area (Å²) in [5, 5.41) is 8.89. The van der Waals surface area contributed by atoms with Gasteiger partial charge in [0, 0.05) is 5.56 Å². The summed E-state index contributed by atoms with van der Waals surface area (Å²) in [6, 6.07) is 1.88. The lowest BCUT2D eigenvalue weighted by Crippen LogP contribution is -2.16. The molecule has 0 fully saturated rings. The van der Waals surface area contributed by atoms with Crippen molar-refractivity contribution in [2.75, 3.05) is 5.75 Å². The first kappa shape index (κ1) is 16.6. The fraction of sp³-hybridized carbons (Fsp3) is 0.500. The van der Waals surface area contributed by atoms with Crippen LogP contribution in [0.25, 0.3) is 0 Å². The molecule has 0 amide bonds. The Morgan fingerprint density at radius 2 is 2.00 bits per heavy atom. The van der Waals surface area contributed by atoms with E-state index in [9.17, 15) is 17.6 Å². The first-order valence-corrected chi connectivity index (χ1v) is 8.10. The van der Waals surface area contributed by atoms with Gasteiger partial charge in [0.05, 0.1) is 16.2 Å². The maximum atomic E-state index is 13.7. The molecule has 0 aliphatic heterocycles. The van der Waals surface area contributed by atoms with Crippen molar-refractivity contribution < 1.29 is 22.7 Å². The van der Waals surface area contributed by atoms with Gasteiger partial charge < -0.3 is 5.11 Å². The molecule has 0 bridgehead atoms. The Morgan fingerprint density at radius 1 is 1.40 bits per heavy atom. The first-order chi connectivity index (χ1) is 9.19. The second kappa shape index (κ2) is 6.35. The van der Waals surface area contributed by atoms with Crippen molar-refractivity contribution in [1.29, 1.82) is 0 Å². The molecule has 0 heterocycles. The highest BCUT2D eigenvalue weighted by atomic mass is 32.2. The Labute approximate surface area is 118 Å². The fourth-order valence-electron chi connectivity index (χ4n) is 2.14. The first-order valence-electron chi connectivity index (χ1n) is 6.45. The van der Waals surface area contributed by atoms with E-state index in [0.717, 1.165) is 25.0 Å². The smallest absolute Gasteiger partial charge is 0.335 e. The SMILES string of the molecule is CCCC(C)CS(=O)(=O)c1cc(C(=O)O)cc(F)c1C. The number of rotatable bonds is 6. The monoisotopic (exact) mass is 302 g/mol. The van der Waals surface area contributed by atoms with Crippen molar-refractivity contribution in [2.45, 2.75) is 38.5 Å². The average Bonchev–Trinajstić information content (AvgIpc) is 2.31. The Morgan fingerprint density at radius 3 is 2.50 bits per heavy atom. The van der Waals surface area contributed by atoms with Crippen LogP contribution in [0.1, 0.15) is 42.6 Å². The Kier molecular flexibility index (Phi) is 5.28. The van der Waals surface area contributed by atoms with Gasteiger partial charge in [0.1, 0.15) is 5.82 Å². The lowest BCUT2D eigenvalue weighted by Gasteiger charge is -2.13. The van der Waals surface area contributed by atoms with Gasteiger partial charge in [0.25, 0.3) is 0 Å². The largest absolute Gasteiger partial charge is 0.478 e. The molecule has 20 heavy (non-hydrogen) atoms. The van der Waals surface area contributed by atoms with E-state index >= 15 is 0 Å². The van der Waals surface area contributed by atoms with Crippen LogP contribution < -0.4 is 0 Å². The van der Waals surface area contributed by atoms with Crippen LogP contribution in [0.2, 0.25) is 0 Å². The number of aromatic carboxylic acids is 1. The van der Waals surface area contributed by atoms with Crippen LogP contribution in [0.5, 0.6) is 0 Å². The van der Waals surface area contributed by atoms with Crippen molar-refractivity contribution in [3.63, 3.8) is 0 Å². The zero-order valence-corrected chi connectivity index (χ0v) is 12.6. The Balaban J connectivity index is 3.27. The van der Waals surface area contributed by atoms with Crippen LogP contribution in [-0.2, 0) is 9.84 Å². The number of benzene rings is 1. The zero-order chi connectivity index (χ0) is 15.5. The van der Waals surface area contributed by atoms with Crippen molar-refractivity contribution >= 4 is 15.8 Å². The van der Waals surface area contributed by atoms with Gasteiger partial charge in [0.15, 0.2) is 9.84 Å². The predicted molar refractivity (Wildman–Crippen MR) is 74.2 cm³/mol. The molecule has 0 aliphatic carbocycles. The van der Waals surface area contributed by atoms with Gasteiger partial charge in [-0.15, -0.1) is 0 Å². The number of hydrogen-bond acceptors (Lipinski definition) is 3. The van der Waals surface area contributed by atoms with Crippen LogP contribution in [0.15, 0.2) is 17.0 Å². The molecule has 0 saturated heterocycles. The molecule has 1 N–H and O–H groups in total. The van der Waals surface area contributed by atoms with Gasteiger partial charge in [0.2, 0.25) is 0 Å². The summed E-state index contributed by atoms with van der Waals surface area (Å²) in [7, 11) is -3.69. The van der Waals surface area contributed by atoms with E-state index in [2.05, 4.69) is 0 Å². The molecule has 0 aliphatic rings. The van der Waals surface area contributed by atoms with Crippen LogP contribution >= 0.6 is 0 Å². The standard InChI is InChI=1S/C14H19FO4S/c1-4-5-9(2)8-20(18,19)13-7-11(14(16)17)6-12(15)10(13)3/h6-7,9H,4-5,8H2,1-3H3,(H,16,17). The average molecular weight is 302 g/mol. The van der Waals surface area contributed by atoms with Gasteiger partial charge >= 0.3 is 5.97 Å². The highest BCUT2D eigenvalue weighted by Crippen LogP contribution is 2.24. The molecule has 0 aromatic heterocycles. The van der Waals surface area contributed by atoms with Crippen LogP contribution in [0.3, 0.4) is 0 Å². The third-order valence-electron chi connectivity index (χ3n) is 3.16. The minimum Gasteiger partial charge on any atom is -0.478 e. The van der Waals surface area contributed by atoms with Gasteiger partial charge in [-0.25, -0.2) is 17.6 Å². The summed E-state index contributed by atoms with van der Waals surface area (Å²) in [5.41, 5.74) is -0.381. The minimum absolute atomic E-state index is 0.0290. The third-order valence-corrected chi connectivity index (χ3v) is 5.27. The van der Waals surface area contributed by atoms with Crippen molar-refractivity contribution in [3.05, 3.63) is 29.1 Å². The summed E-state index contributed by atoms with van der Waals surface area (Å²) < 4.78 is 38.3. The summed E-state index contributed by atoms with van der Waals surface area (Å²) >= 11 is 0. The minimum atomic E-state index is -3.69. The van der Waals surface area contributed by atoms with Crippen molar-refractivity contribution in [3.8, 4) is 0 Å². The lowest BCUT2D eigenvalue weighted by atomic mass is 10.1. The third kappa shape index (κ3) is 3.79. The second-order valence-electron chi connectivity index (χ2n) is 5.06. The molecule has 1 rings (SSSR count). The quantitative estimate of drug-likeness (QED) is 0.876. The second-order valence-corrected chi connectivity index (χ2v) is 7.06. The highest BCUT2D eigenvalue weighted by molar-refractivity contribution is 7.91. The maximum Gasteiger partial charge on any atom is 0.335 e. The van der Waals surface area contributed by atoms with E-state index in [-0.39, 0.29) is 27.7 Å². The molecule has 0 radical (unpaired) electrons. The molecule has 1 aromatic carbocycles. The molecule has 112 valence electrons. The van der Waals surface area contributed by atoms with Gasteiger partial charge in [-0.05, 0) is 31.4 Å². The Hall–Kier alpha value is -1.43. The molecular weight excluding hydrogens is 283 g/mol. The van der Waals surface area contributed by atoms with Gasteiger partial charge in [-0.2, -0.15) is 0 Å². The Bertz CT molecular complexity index is 608. The molecule has 1 unspecified atom stereocenters. The zero-order valence-electron chi connectivity index (χ0n) is 11.8. The van der Waals surface area contributed by atoms with E-state index < -0.39 is 21.6 Å². The molecule has 4 nitrogen and oxygen atoms in total. The van der Waals surface area contributed by atoms with Crippen LogP contribution in [0.4, 0.5) is 4.39 Å². The summed E-state index contributed by atoms with van der Waals surface area (Å²) in [4.78, 5) is 10.7. The van der Waals surface area contributed by atoms with E-state index in [1.54, 1.807) is 0 Å². The predicted octanol–water partition coefficient (Wildman–Crippen LogP) is 3.04. The number of carboxylic acid groups (broad SMARTS) is 1. The van der Waals surface area contributed by atoms with Gasteiger partial charge in [-0.3, -0.25) is 0 Å². The number of carboxylic acids is 1. The molecular formula is C14H19FO4S. The maximum absolute atomic E-state index is 13.7. The van der Waals surface area contributed by atoms with Crippen molar-refractivity contribution in [1.82, 2.24) is 0 Å². The lowest BCUT2D eigenvalue weighted by molar-refractivity contribution is 0.0696. The molecule has 1 aromatic rings. The topological polar surface area (TPSA) is 71.4 Å². The molecule has 6 heteroatoms. The summed E-state index contributed by atoms with van der Waals surface area (Å²) in [6.07, 6.45) is 1.61. The van der Waals surface area contributed by atoms with Crippen LogP contribution in [-0.4, -0.2) is 25.2 Å². The van der Waals surface area contributed by atoms with Crippen molar-refractivity contribution in [2.24, 2.45) is 5.92 Å². The molecule has 1 atom stereocenters. The summed E-state index contributed by atoms with van der Waals surface area (Å²) in [5.74, 6) is -2.32. The van der Waals surface area contributed by atoms with E-state index in [1.165, 1.54) is 6.92 Å². The summed E-state index contributed by atoms with van der Waals surface area (Å²) in [6.45, 7) is 5.12. The number of carbonyl (C=O) groups is 1. The molecule has 0 saturated carbocycles. The van der Waals surface area contributed by atoms with E-state index in [0.29, 0.717) is 0 Å². The van der Waals surface area contributed by atoms with Gasteiger partial charge in [-0.1, -0.05) is 20.3 Å². The highest BCUT2D eigenvalue weighted by Gasteiger charge is 2.24. The van der Waals surface area contributed by atoms with E-state index in [1.807, 2.05) is 13.8 Å². The van der Waals surface area contributed by atoms with Crippen LogP contribution in [0, 0.1) is 18.7 Å². The number of hydrogen-bond donors (Lipinski definition) is 1. The fourth-order valence-corrected chi connectivity index (χ4v) is 4.11.